The van der Waals surface area contributed by atoms with Crippen LogP contribution in [0.5, 0.6) is 0 Å². The number of carbonyl (C=O) groups is 4. The number of nitrogens with two attached hydrogens (primary N) is 1. The maximum Gasteiger partial charge on any atom is 0.327 e. The highest BCUT2D eigenvalue weighted by Crippen LogP contribution is 2.19. The Morgan fingerprint density at radius 1 is 1.10 bits per heavy atom. The van der Waals surface area contributed by atoms with Crippen LogP contribution in [-0.4, -0.2) is 75.9 Å². The number of nitrogens with one attached hydrogen (secondary N) is 2. The minimum atomic E-state index is -1.22. The van der Waals surface area contributed by atoms with Crippen LogP contribution in [0.4, 0.5) is 0 Å². The highest BCUT2D eigenvalue weighted by Gasteiger charge is 2.37. The first kappa shape index (κ1) is 25.0. The molecule has 0 aromatic heterocycles. The number of likely N-dealkylation sites (tertiary alicyclic amines) is 1. The van der Waals surface area contributed by atoms with E-state index in [2.05, 4.69) is 35.9 Å². The second kappa shape index (κ2) is 12.0. The normalized spacial score (nSPS) is 18.7. The molecular weight excluding hydrogens is 440 g/mol. The van der Waals surface area contributed by atoms with Crippen LogP contribution in [0.25, 0.3) is 0 Å². The smallest absolute Gasteiger partial charge is 0.327 e. The fraction of sp³-hybridized carbons (Fsp3) is 0.500. The van der Waals surface area contributed by atoms with Gasteiger partial charge >= 0.3 is 5.97 Å². The van der Waals surface area contributed by atoms with Gasteiger partial charge in [0.1, 0.15) is 18.1 Å². The summed E-state index contributed by atoms with van der Waals surface area (Å²) in [5, 5.41) is 14.3. The van der Waals surface area contributed by atoms with E-state index in [1.54, 1.807) is 24.3 Å². The van der Waals surface area contributed by atoms with E-state index < -0.39 is 42.0 Å². The van der Waals surface area contributed by atoms with Gasteiger partial charge in [0, 0.05) is 24.5 Å². The average molecular weight is 469 g/mol. The third kappa shape index (κ3) is 6.88. The Balaban J connectivity index is 2.17. The molecule has 3 amide bonds. The van der Waals surface area contributed by atoms with Crippen molar-refractivity contribution in [1.82, 2.24) is 15.5 Å². The molecule has 1 heterocycles. The highest BCUT2D eigenvalue weighted by molar-refractivity contribution is 7.80. The van der Waals surface area contributed by atoms with Gasteiger partial charge in [-0.05, 0) is 18.4 Å². The van der Waals surface area contributed by atoms with E-state index in [-0.39, 0.29) is 23.8 Å². The molecule has 2 rings (SSSR count). The molecule has 0 saturated carbocycles. The zero-order valence-electron chi connectivity index (χ0n) is 16.9. The fourth-order valence-corrected chi connectivity index (χ4v) is 3.78. The summed E-state index contributed by atoms with van der Waals surface area (Å²) < 4.78 is 0. The van der Waals surface area contributed by atoms with E-state index in [4.69, 9.17) is 5.73 Å². The van der Waals surface area contributed by atoms with Gasteiger partial charge in [-0.15, -0.1) is 0 Å². The Morgan fingerprint density at radius 3 is 2.35 bits per heavy atom. The molecule has 170 valence electrons. The molecule has 1 aromatic carbocycles. The number of hydrogen-bond acceptors (Lipinski definition) is 7. The van der Waals surface area contributed by atoms with Crippen molar-refractivity contribution < 1.29 is 24.3 Å². The maximum atomic E-state index is 13.0. The van der Waals surface area contributed by atoms with Crippen LogP contribution in [0.1, 0.15) is 18.4 Å². The van der Waals surface area contributed by atoms with E-state index >= 15 is 0 Å². The Hall–Kier alpha value is -2.24. The lowest BCUT2D eigenvalue weighted by Gasteiger charge is -2.28. The number of aliphatic carboxylic acids is 1. The van der Waals surface area contributed by atoms with Crippen molar-refractivity contribution in [3.05, 3.63) is 35.9 Å². The van der Waals surface area contributed by atoms with Crippen LogP contribution < -0.4 is 16.4 Å². The molecule has 1 aliphatic heterocycles. The second-order valence-electron chi connectivity index (χ2n) is 7.31. The molecule has 5 N–H and O–H groups in total. The number of benzene rings is 1. The fourth-order valence-electron chi connectivity index (χ4n) is 3.38. The lowest BCUT2D eigenvalue weighted by molar-refractivity contribution is -0.142. The number of rotatable bonds is 10. The van der Waals surface area contributed by atoms with E-state index in [1.807, 2.05) is 6.07 Å². The first-order chi connectivity index (χ1) is 14.8. The standard InChI is InChI=1S/C20H28N4O5S2/c21-13(10-30)19(27)24-8-4-7-16(24)18(26)22-14(9-12-5-2-1-3-6-12)17(25)23-15(11-31)20(28)29/h1-3,5-6,13-16,30-31H,4,7-11,21H2,(H,22,26)(H,23,25)(H,28,29)/t13-,14-,15-,16-/m0/s1. The molecule has 0 radical (unpaired) electrons. The molecule has 1 aliphatic rings. The first-order valence-corrected chi connectivity index (χ1v) is 11.2. The Kier molecular flexibility index (Phi) is 9.66. The number of hydrogen-bond donors (Lipinski definition) is 6. The van der Waals surface area contributed by atoms with Gasteiger partial charge in [-0.25, -0.2) is 4.79 Å². The number of carboxylic acid groups (broad SMARTS) is 1. The van der Waals surface area contributed by atoms with E-state index in [9.17, 15) is 24.3 Å². The topological polar surface area (TPSA) is 142 Å². The Bertz CT molecular complexity index is 795. The van der Waals surface area contributed by atoms with Crippen LogP contribution in [0.2, 0.25) is 0 Å². The molecule has 31 heavy (non-hydrogen) atoms. The largest absolute Gasteiger partial charge is 0.480 e. The monoisotopic (exact) mass is 468 g/mol. The highest BCUT2D eigenvalue weighted by atomic mass is 32.1. The molecule has 0 bridgehead atoms. The number of amides is 3. The quantitative estimate of drug-likeness (QED) is 0.255. The first-order valence-electron chi connectivity index (χ1n) is 9.93. The van der Waals surface area contributed by atoms with Gasteiger partial charge in [0.15, 0.2) is 0 Å². The van der Waals surface area contributed by atoms with Gasteiger partial charge in [0.25, 0.3) is 0 Å². The molecule has 0 spiro atoms. The number of thiol groups is 2. The van der Waals surface area contributed by atoms with E-state index in [0.717, 1.165) is 5.56 Å². The van der Waals surface area contributed by atoms with Crippen LogP contribution in [0.15, 0.2) is 30.3 Å². The van der Waals surface area contributed by atoms with Crippen LogP contribution >= 0.6 is 25.3 Å². The van der Waals surface area contributed by atoms with Crippen molar-refractivity contribution in [2.24, 2.45) is 5.73 Å². The zero-order valence-corrected chi connectivity index (χ0v) is 18.7. The van der Waals surface area contributed by atoms with E-state index in [0.29, 0.717) is 19.4 Å². The minimum absolute atomic E-state index is 0.0976. The van der Waals surface area contributed by atoms with Gasteiger partial charge in [-0.2, -0.15) is 25.3 Å². The number of nitrogens with zero attached hydrogens (tertiary/aromatic N) is 1. The van der Waals surface area contributed by atoms with Gasteiger partial charge in [0.05, 0.1) is 6.04 Å². The minimum Gasteiger partial charge on any atom is -0.480 e. The average Bonchev–Trinajstić information content (AvgIpc) is 3.26. The molecule has 1 saturated heterocycles. The number of carbonyl (C=O) groups excluding carboxylic acids is 3. The summed E-state index contributed by atoms with van der Waals surface area (Å²) in [4.78, 5) is 51.0. The summed E-state index contributed by atoms with van der Waals surface area (Å²) in [7, 11) is 0. The molecule has 1 aromatic rings. The summed E-state index contributed by atoms with van der Waals surface area (Å²) in [6.45, 7) is 0.398. The Labute approximate surface area is 191 Å². The van der Waals surface area contributed by atoms with Gasteiger partial charge in [-0.3, -0.25) is 14.4 Å². The molecule has 0 aliphatic carbocycles. The molecule has 4 atom stereocenters. The van der Waals surface area contributed by atoms with Crippen molar-refractivity contribution in [1.29, 1.82) is 0 Å². The number of carboxylic acids is 1. The second-order valence-corrected chi connectivity index (χ2v) is 8.04. The summed E-state index contributed by atoms with van der Waals surface area (Å²) >= 11 is 8.00. The summed E-state index contributed by atoms with van der Waals surface area (Å²) in [5.41, 5.74) is 6.57. The predicted molar refractivity (Wildman–Crippen MR) is 122 cm³/mol. The summed E-state index contributed by atoms with van der Waals surface area (Å²) in [5.74, 6) is -2.64. The van der Waals surface area contributed by atoms with Crippen molar-refractivity contribution in [3.8, 4) is 0 Å². The van der Waals surface area contributed by atoms with Crippen molar-refractivity contribution in [3.63, 3.8) is 0 Å². The SMILES string of the molecule is N[C@@H](CS)C(=O)N1CCC[C@H]1C(=O)N[C@@H](Cc1ccccc1)C(=O)N[C@@H](CS)C(=O)O. The van der Waals surface area contributed by atoms with Crippen LogP contribution in [0, 0.1) is 0 Å². The van der Waals surface area contributed by atoms with Gasteiger partial charge < -0.3 is 26.4 Å². The molecular formula is C20H28N4O5S2. The summed E-state index contributed by atoms with van der Waals surface area (Å²) in [6.07, 6.45) is 1.25. The lowest BCUT2D eigenvalue weighted by atomic mass is 10.0. The van der Waals surface area contributed by atoms with Crippen LogP contribution in [0.3, 0.4) is 0 Å². The van der Waals surface area contributed by atoms with Crippen molar-refractivity contribution in [2.75, 3.05) is 18.1 Å². The Morgan fingerprint density at radius 2 is 1.77 bits per heavy atom. The lowest BCUT2D eigenvalue weighted by Crippen LogP contribution is -2.57. The molecule has 9 nitrogen and oxygen atoms in total. The molecule has 0 unspecified atom stereocenters. The van der Waals surface area contributed by atoms with Crippen LogP contribution in [-0.2, 0) is 25.6 Å². The van der Waals surface area contributed by atoms with Crippen molar-refractivity contribution in [2.45, 2.75) is 43.4 Å². The molecule has 11 heteroatoms. The molecule has 1 fully saturated rings. The van der Waals surface area contributed by atoms with E-state index in [1.165, 1.54) is 4.90 Å². The third-order valence-electron chi connectivity index (χ3n) is 5.07. The van der Waals surface area contributed by atoms with Crippen molar-refractivity contribution >= 4 is 48.9 Å². The maximum absolute atomic E-state index is 13.0. The zero-order chi connectivity index (χ0) is 23.0. The van der Waals surface area contributed by atoms with Gasteiger partial charge in [0.2, 0.25) is 17.7 Å². The third-order valence-corrected chi connectivity index (χ3v) is 5.82. The predicted octanol–water partition coefficient (Wildman–Crippen LogP) is -0.539. The summed E-state index contributed by atoms with van der Waals surface area (Å²) in [6, 6.07) is 5.26. The van der Waals surface area contributed by atoms with Gasteiger partial charge in [-0.1, -0.05) is 30.3 Å².